The molecule has 154 valence electrons. The van der Waals surface area contributed by atoms with E-state index >= 15 is 0 Å². The number of alkyl halides is 1. The first-order valence-corrected chi connectivity index (χ1v) is 10.9. The molecule has 8 nitrogen and oxygen atoms in total. The van der Waals surface area contributed by atoms with Crippen molar-refractivity contribution in [3.8, 4) is 5.75 Å². The van der Waals surface area contributed by atoms with E-state index in [0.717, 1.165) is 18.4 Å². The maximum absolute atomic E-state index is 12.7. The monoisotopic (exact) mass is 463 g/mol. The second kappa shape index (κ2) is 8.14. The average Bonchev–Trinajstić information content (AvgIpc) is 3.03. The summed E-state index contributed by atoms with van der Waals surface area (Å²) in [6.45, 7) is 1.67. The van der Waals surface area contributed by atoms with Crippen molar-refractivity contribution in [2.75, 3.05) is 18.4 Å². The number of amides is 4. The summed E-state index contributed by atoms with van der Waals surface area (Å²) in [6, 6.07) is 4.76. The number of nitrogens with one attached hydrogen (secondary N) is 1. The van der Waals surface area contributed by atoms with Gasteiger partial charge in [0.2, 0.25) is 17.7 Å². The van der Waals surface area contributed by atoms with Crippen LogP contribution in [0, 0.1) is 0 Å². The zero-order chi connectivity index (χ0) is 20.5. The quantitative estimate of drug-likeness (QED) is 0.534. The molecule has 3 aliphatic heterocycles. The van der Waals surface area contributed by atoms with Crippen LogP contribution in [-0.2, 0) is 20.9 Å². The van der Waals surface area contributed by atoms with Gasteiger partial charge in [-0.2, -0.15) is 0 Å². The van der Waals surface area contributed by atoms with Crippen molar-refractivity contribution in [2.24, 2.45) is 0 Å². The predicted octanol–water partition coefficient (Wildman–Crippen LogP) is 1.21. The van der Waals surface area contributed by atoms with Crippen LogP contribution in [0.5, 0.6) is 5.75 Å². The van der Waals surface area contributed by atoms with E-state index in [9.17, 15) is 19.2 Å². The van der Waals surface area contributed by atoms with E-state index in [2.05, 4.69) is 21.2 Å². The third-order valence-electron chi connectivity index (χ3n) is 5.71. The Morgan fingerprint density at radius 3 is 2.62 bits per heavy atom. The highest BCUT2D eigenvalue weighted by Crippen LogP contribution is 2.31. The summed E-state index contributed by atoms with van der Waals surface area (Å²) in [5.74, 6) is -0.124. The Hall–Kier alpha value is -2.42. The molecule has 1 atom stereocenters. The molecule has 3 aliphatic rings. The summed E-state index contributed by atoms with van der Waals surface area (Å²) in [5.41, 5.74) is 1.39. The molecule has 0 radical (unpaired) electrons. The average molecular weight is 464 g/mol. The van der Waals surface area contributed by atoms with Gasteiger partial charge in [0.1, 0.15) is 17.9 Å². The first-order valence-electron chi connectivity index (χ1n) is 9.74. The van der Waals surface area contributed by atoms with E-state index < -0.39 is 11.9 Å². The van der Waals surface area contributed by atoms with Gasteiger partial charge in [-0.1, -0.05) is 15.9 Å². The van der Waals surface area contributed by atoms with Crippen LogP contribution in [0.3, 0.4) is 0 Å². The highest BCUT2D eigenvalue weighted by Gasteiger charge is 2.39. The fourth-order valence-electron chi connectivity index (χ4n) is 4.12. The van der Waals surface area contributed by atoms with Crippen LogP contribution in [0.2, 0.25) is 0 Å². The fraction of sp³-hybridized carbons (Fsp3) is 0.500. The van der Waals surface area contributed by atoms with Gasteiger partial charge in [-0.05, 0) is 30.2 Å². The van der Waals surface area contributed by atoms with E-state index in [1.54, 1.807) is 12.1 Å². The molecule has 3 heterocycles. The molecular weight excluding hydrogens is 442 g/mol. The maximum Gasteiger partial charge on any atom is 0.255 e. The van der Waals surface area contributed by atoms with E-state index in [-0.39, 0.29) is 30.2 Å². The van der Waals surface area contributed by atoms with Crippen LogP contribution in [0.25, 0.3) is 0 Å². The van der Waals surface area contributed by atoms with Crippen LogP contribution >= 0.6 is 15.9 Å². The zero-order valence-electron chi connectivity index (χ0n) is 15.9. The summed E-state index contributed by atoms with van der Waals surface area (Å²) >= 11 is 3.20. The largest absolute Gasteiger partial charge is 0.490 e. The number of imide groups is 1. The van der Waals surface area contributed by atoms with Crippen molar-refractivity contribution < 1.29 is 23.9 Å². The minimum absolute atomic E-state index is 0.0239. The number of piperidine rings is 2. The standard InChI is InChI=1S/C20H22BrN3O5/c21-10-18(26)23-7-5-13(6-8-23)29-14-1-2-15-12(9-14)11-24(20(15)28)16-3-4-17(25)22-19(16)27/h1-2,9,13,16H,3-8,10-11H2,(H,22,25,27). The normalized spacial score (nSPS) is 22.5. The Kier molecular flexibility index (Phi) is 5.58. The predicted molar refractivity (Wildman–Crippen MR) is 107 cm³/mol. The lowest BCUT2D eigenvalue weighted by Gasteiger charge is -2.32. The van der Waals surface area contributed by atoms with Crippen molar-refractivity contribution in [2.45, 2.75) is 44.4 Å². The molecule has 9 heteroatoms. The van der Waals surface area contributed by atoms with Crippen molar-refractivity contribution in [1.29, 1.82) is 0 Å². The molecule has 0 bridgehead atoms. The lowest BCUT2D eigenvalue weighted by atomic mass is 10.0. The SMILES string of the molecule is O=C1CCC(N2Cc3cc(OC4CCN(C(=O)CBr)CC4)ccc3C2=O)C(=O)N1. The topological polar surface area (TPSA) is 96.0 Å². The number of nitrogens with zero attached hydrogens (tertiary/aromatic N) is 2. The molecule has 1 unspecified atom stereocenters. The number of hydrogen-bond donors (Lipinski definition) is 1. The summed E-state index contributed by atoms with van der Waals surface area (Å²) in [4.78, 5) is 51.3. The van der Waals surface area contributed by atoms with Gasteiger partial charge in [0, 0.05) is 44.5 Å². The third-order valence-corrected chi connectivity index (χ3v) is 6.19. The third kappa shape index (κ3) is 4.01. The van der Waals surface area contributed by atoms with Gasteiger partial charge in [-0.3, -0.25) is 24.5 Å². The Labute approximate surface area is 176 Å². The van der Waals surface area contributed by atoms with Crippen LogP contribution in [0.1, 0.15) is 41.6 Å². The second-order valence-corrected chi connectivity index (χ2v) is 8.11. The summed E-state index contributed by atoms with van der Waals surface area (Å²) in [6.07, 6.45) is 2.13. The molecule has 29 heavy (non-hydrogen) atoms. The number of fused-ring (bicyclic) bond motifs is 1. The highest BCUT2D eigenvalue weighted by atomic mass is 79.9. The molecule has 0 spiro atoms. The molecule has 1 aromatic carbocycles. The molecule has 4 amide bonds. The van der Waals surface area contributed by atoms with Gasteiger partial charge in [0.25, 0.3) is 5.91 Å². The number of carbonyl (C=O) groups excluding carboxylic acids is 4. The van der Waals surface area contributed by atoms with E-state index in [4.69, 9.17) is 4.74 Å². The van der Waals surface area contributed by atoms with Gasteiger partial charge in [0.15, 0.2) is 0 Å². The van der Waals surface area contributed by atoms with Crippen molar-refractivity contribution >= 4 is 39.6 Å². The number of likely N-dealkylation sites (tertiary alicyclic amines) is 1. The molecule has 2 saturated heterocycles. The van der Waals surface area contributed by atoms with Gasteiger partial charge in [0.05, 0.1) is 5.33 Å². The lowest BCUT2D eigenvalue weighted by molar-refractivity contribution is -0.137. The number of halogens is 1. The molecule has 0 aromatic heterocycles. The van der Waals surface area contributed by atoms with Gasteiger partial charge in [-0.25, -0.2) is 0 Å². The van der Waals surface area contributed by atoms with Crippen LogP contribution in [0.15, 0.2) is 18.2 Å². The number of carbonyl (C=O) groups is 4. The van der Waals surface area contributed by atoms with Crippen LogP contribution < -0.4 is 10.1 Å². The summed E-state index contributed by atoms with van der Waals surface area (Å²) < 4.78 is 6.09. The first kappa shape index (κ1) is 19.9. The smallest absolute Gasteiger partial charge is 0.255 e. The minimum atomic E-state index is -0.617. The van der Waals surface area contributed by atoms with Crippen molar-refractivity contribution in [3.63, 3.8) is 0 Å². The van der Waals surface area contributed by atoms with E-state index in [0.29, 0.717) is 42.7 Å². The van der Waals surface area contributed by atoms with Gasteiger partial charge >= 0.3 is 0 Å². The van der Waals surface area contributed by atoms with Gasteiger partial charge < -0.3 is 14.5 Å². The number of benzene rings is 1. The molecule has 1 N–H and O–H groups in total. The second-order valence-electron chi connectivity index (χ2n) is 7.55. The van der Waals surface area contributed by atoms with Crippen LogP contribution in [-0.4, -0.2) is 64.0 Å². The van der Waals surface area contributed by atoms with E-state index in [1.807, 2.05) is 11.0 Å². The fourth-order valence-corrected chi connectivity index (χ4v) is 4.48. The maximum atomic E-state index is 12.7. The van der Waals surface area contributed by atoms with Crippen LogP contribution in [0.4, 0.5) is 0 Å². The van der Waals surface area contributed by atoms with Gasteiger partial charge in [-0.15, -0.1) is 0 Å². The first-order chi connectivity index (χ1) is 14.0. The minimum Gasteiger partial charge on any atom is -0.490 e. The Morgan fingerprint density at radius 1 is 1.17 bits per heavy atom. The summed E-state index contributed by atoms with van der Waals surface area (Å²) in [7, 11) is 0. The molecule has 0 saturated carbocycles. The Bertz CT molecular complexity index is 866. The highest BCUT2D eigenvalue weighted by molar-refractivity contribution is 9.09. The molecular formula is C20H22BrN3O5. The van der Waals surface area contributed by atoms with E-state index in [1.165, 1.54) is 4.90 Å². The molecule has 4 rings (SSSR count). The zero-order valence-corrected chi connectivity index (χ0v) is 17.4. The number of hydrogen-bond acceptors (Lipinski definition) is 5. The number of rotatable bonds is 4. The Balaban J connectivity index is 1.40. The molecule has 0 aliphatic carbocycles. The summed E-state index contributed by atoms with van der Waals surface area (Å²) in [5, 5.41) is 2.64. The van der Waals surface area contributed by atoms with Crippen molar-refractivity contribution in [1.82, 2.24) is 15.1 Å². The molecule has 2 fully saturated rings. The Morgan fingerprint density at radius 2 is 1.93 bits per heavy atom. The van der Waals surface area contributed by atoms with Crippen molar-refractivity contribution in [3.05, 3.63) is 29.3 Å². The molecule has 1 aromatic rings. The lowest BCUT2D eigenvalue weighted by Crippen LogP contribution is -2.52. The number of ether oxygens (including phenoxy) is 1.